The molecule has 0 fully saturated rings. The molecule has 22 heavy (non-hydrogen) atoms. The highest BCUT2D eigenvalue weighted by atomic mass is 32.1. The summed E-state index contributed by atoms with van der Waals surface area (Å²) in [5, 5.41) is 3.06. The Morgan fingerprint density at radius 3 is 2.82 bits per heavy atom. The zero-order valence-corrected chi connectivity index (χ0v) is 13.8. The van der Waals surface area contributed by atoms with Crippen LogP contribution in [0.15, 0.2) is 30.5 Å². The Morgan fingerprint density at radius 2 is 2.05 bits per heavy atom. The third-order valence-corrected chi connectivity index (χ3v) is 5.44. The monoisotopic (exact) mass is 314 g/mol. The van der Waals surface area contributed by atoms with E-state index < -0.39 is 0 Å². The second kappa shape index (κ2) is 7.05. The Bertz CT molecular complexity index is 610. The number of hydrogen-bond donors (Lipinski definition) is 1. The van der Waals surface area contributed by atoms with Crippen molar-refractivity contribution in [1.82, 2.24) is 10.3 Å². The van der Waals surface area contributed by atoms with E-state index in [2.05, 4.69) is 16.4 Å². The van der Waals surface area contributed by atoms with Crippen LogP contribution in [0.25, 0.3) is 0 Å². The maximum absolute atomic E-state index is 12.5. The van der Waals surface area contributed by atoms with E-state index in [-0.39, 0.29) is 11.9 Å². The van der Waals surface area contributed by atoms with Crippen LogP contribution in [0, 0.1) is 0 Å². The van der Waals surface area contributed by atoms with Gasteiger partial charge in [-0.3, -0.25) is 9.78 Å². The highest BCUT2D eigenvalue weighted by Crippen LogP contribution is 2.28. The summed E-state index contributed by atoms with van der Waals surface area (Å²) in [6, 6.07) is 7.81. The number of aryl methyl sites for hydroxylation is 2. The molecule has 0 saturated heterocycles. The normalized spacial score (nSPS) is 16.2. The van der Waals surface area contributed by atoms with Crippen LogP contribution in [0.4, 0.5) is 0 Å². The van der Waals surface area contributed by atoms with E-state index in [1.807, 2.05) is 25.1 Å². The van der Waals surface area contributed by atoms with Crippen molar-refractivity contribution in [2.45, 2.75) is 51.5 Å². The molecule has 0 saturated carbocycles. The van der Waals surface area contributed by atoms with Crippen molar-refractivity contribution in [3.05, 3.63) is 51.5 Å². The number of nitrogens with one attached hydrogen (secondary N) is 1. The lowest BCUT2D eigenvalue weighted by Gasteiger charge is -2.12. The predicted octanol–water partition coefficient (Wildman–Crippen LogP) is 4.29. The minimum absolute atomic E-state index is 0.0231. The van der Waals surface area contributed by atoms with E-state index in [0.717, 1.165) is 23.4 Å². The molecule has 1 atom stereocenters. The van der Waals surface area contributed by atoms with Crippen LogP contribution in [-0.4, -0.2) is 10.9 Å². The number of nitrogens with zero attached hydrogens (tertiary/aromatic N) is 1. The van der Waals surface area contributed by atoms with Gasteiger partial charge in [0.25, 0.3) is 5.91 Å². The van der Waals surface area contributed by atoms with Gasteiger partial charge in [0.15, 0.2) is 0 Å². The number of rotatable bonds is 3. The summed E-state index contributed by atoms with van der Waals surface area (Å²) < 4.78 is 0. The highest BCUT2D eigenvalue weighted by molar-refractivity contribution is 7.14. The molecular formula is C18H22N2OS. The number of hydrogen-bond acceptors (Lipinski definition) is 3. The molecule has 0 bridgehead atoms. The average molecular weight is 314 g/mol. The van der Waals surface area contributed by atoms with Crippen LogP contribution >= 0.6 is 11.3 Å². The van der Waals surface area contributed by atoms with Crippen LogP contribution < -0.4 is 5.32 Å². The van der Waals surface area contributed by atoms with Gasteiger partial charge < -0.3 is 5.32 Å². The summed E-state index contributed by atoms with van der Waals surface area (Å²) in [6.07, 6.45) is 9.13. The number of aromatic nitrogens is 1. The van der Waals surface area contributed by atoms with Crippen LogP contribution in [0.3, 0.4) is 0 Å². The van der Waals surface area contributed by atoms with E-state index in [0.29, 0.717) is 0 Å². The summed E-state index contributed by atoms with van der Waals surface area (Å²) in [7, 11) is 0. The lowest BCUT2D eigenvalue weighted by Crippen LogP contribution is -2.26. The van der Waals surface area contributed by atoms with E-state index in [1.54, 1.807) is 17.5 Å². The minimum atomic E-state index is -0.0709. The van der Waals surface area contributed by atoms with E-state index >= 15 is 0 Å². The van der Waals surface area contributed by atoms with Crippen molar-refractivity contribution in [3.8, 4) is 0 Å². The molecule has 2 aromatic heterocycles. The highest BCUT2D eigenvalue weighted by Gasteiger charge is 2.18. The zero-order valence-electron chi connectivity index (χ0n) is 13.0. The Kier molecular flexibility index (Phi) is 4.88. The van der Waals surface area contributed by atoms with Crippen LogP contribution in [-0.2, 0) is 12.8 Å². The van der Waals surface area contributed by atoms with Crippen LogP contribution in [0.1, 0.15) is 64.5 Å². The fourth-order valence-electron chi connectivity index (χ4n) is 2.93. The van der Waals surface area contributed by atoms with Crippen molar-refractivity contribution in [3.63, 3.8) is 0 Å². The summed E-state index contributed by atoms with van der Waals surface area (Å²) >= 11 is 1.67. The quantitative estimate of drug-likeness (QED) is 0.918. The van der Waals surface area contributed by atoms with Gasteiger partial charge in [-0.05, 0) is 56.4 Å². The number of fused-ring (bicyclic) bond motifs is 1. The summed E-state index contributed by atoms with van der Waals surface area (Å²) in [4.78, 5) is 19.0. The summed E-state index contributed by atoms with van der Waals surface area (Å²) in [5.41, 5.74) is 2.28. The molecule has 1 amide bonds. The Labute approximate surface area is 135 Å². The fraction of sp³-hybridized carbons (Fsp3) is 0.444. The van der Waals surface area contributed by atoms with Gasteiger partial charge >= 0.3 is 0 Å². The molecule has 116 valence electrons. The third kappa shape index (κ3) is 3.55. The molecule has 4 heteroatoms. The largest absolute Gasteiger partial charge is 0.343 e. The maximum Gasteiger partial charge on any atom is 0.261 e. The zero-order chi connectivity index (χ0) is 15.4. The summed E-state index contributed by atoms with van der Waals surface area (Å²) in [6.45, 7) is 1.98. The number of amides is 1. The molecule has 0 unspecified atom stereocenters. The molecule has 2 aromatic rings. The van der Waals surface area contributed by atoms with Gasteiger partial charge in [-0.1, -0.05) is 18.9 Å². The Morgan fingerprint density at radius 1 is 1.23 bits per heavy atom. The molecule has 0 aromatic carbocycles. The first kappa shape index (κ1) is 15.2. The van der Waals surface area contributed by atoms with Gasteiger partial charge in [0.05, 0.1) is 16.6 Å². The topological polar surface area (TPSA) is 42.0 Å². The smallest absolute Gasteiger partial charge is 0.261 e. The lowest BCUT2D eigenvalue weighted by molar-refractivity contribution is 0.0943. The molecule has 3 rings (SSSR count). The van der Waals surface area contributed by atoms with E-state index in [4.69, 9.17) is 0 Å². The standard InChI is InChI=1S/C18H22N2OS/c1-13(15-9-6-7-11-19-15)20-18(21)17-12-14-8-4-2-3-5-10-16(14)22-17/h6-7,9,11-13H,2-5,8,10H2,1H3,(H,20,21)/t13-/m0/s1. The average Bonchev–Trinajstić information content (AvgIpc) is 2.90. The first-order valence-corrected chi connectivity index (χ1v) is 8.89. The van der Waals surface area contributed by atoms with Crippen molar-refractivity contribution >= 4 is 17.2 Å². The van der Waals surface area contributed by atoms with Gasteiger partial charge in [0.2, 0.25) is 0 Å². The van der Waals surface area contributed by atoms with Crippen LogP contribution in [0.5, 0.6) is 0 Å². The van der Waals surface area contributed by atoms with E-state index in [9.17, 15) is 4.79 Å². The van der Waals surface area contributed by atoms with Gasteiger partial charge in [0.1, 0.15) is 0 Å². The molecule has 1 aliphatic rings. The minimum Gasteiger partial charge on any atom is -0.343 e. The molecule has 3 nitrogen and oxygen atoms in total. The molecule has 1 N–H and O–H groups in total. The molecule has 2 heterocycles. The molecule has 1 aliphatic carbocycles. The summed E-state index contributed by atoms with van der Waals surface area (Å²) in [5.74, 6) is 0.0231. The third-order valence-electron chi connectivity index (χ3n) is 4.20. The number of thiophene rings is 1. The lowest BCUT2D eigenvalue weighted by atomic mass is 10.00. The molecular weight excluding hydrogens is 292 g/mol. The molecule has 0 radical (unpaired) electrons. The number of carbonyl (C=O) groups is 1. The van der Waals surface area contributed by atoms with Crippen molar-refractivity contribution in [2.75, 3.05) is 0 Å². The van der Waals surface area contributed by atoms with Crippen molar-refractivity contribution < 1.29 is 4.79 Å². The first-order valence-electron chi connectivity index (χ1n) is 8.07. The fourth-order valence-corrected chi connectivity index (χ4v) is 4.09. The Hall–Kier alpha value is -1.68. The maximum atomic E-state index is 12.5. The van der Waals surface area contributed by atoms with Crippen molar-refractivity contribution in [2.24, 2.45) is 0 Å². The molecule has 0 aliphatic heterocycles. The van der Waals surface area contributed by atoms with Crippen molar-refractivity contribution in [1.29, 1.82) is 0 Å². The van der Waals surface area contributed by atoms with Gasteiger partial charge in [-0.25, -0.2) is 0 Å². The SMILES string of the molecule is C[C@H](NC(=O)c1cc2c(s1)CCCCCC2)c1ccccn1. The molecule has 0 spiro atoms. The van der Waals surface area contributed by atoms with Gasteiger partial charge in [-0.2, -0.15) is 0 Å². The first-order chi connectivity index (χ1) is 10.7. The second-order valence-corrected chi connectivity index (χ2v) is 7.06. The van der Waals surface area contributed by atoms with E-state index in [1.165, 1.54) is 36.1 Å². The second-order valence-electron chi connectivity index (χ2n) is 5.92. The van der Waals surface area contributed by atoms with Gasteiger partial charge in [0, 0.05) is 11.1 Å². The van der Waals surface area contributed by atoms with Gasteiger partial charge in [-0.15, -0.1) is 11.3 Å². The number of pyridine rings is 1. The number of carbonyl (C=O) groups excluding carboxylic acids is 1. The predicted molar refractivity (Wildman–Crippen MR) is 90.3 cm³/mol. The van der Waals surface area contributed by atoms with Crippen LogP contribution in [0.2, 0.25) is 0 Å². The Balaban J connectivity index is 1.71.